The number of carbonyl (C=O) groups is 1. The summed E-state index contributed by atoms with van der Waals surface area (Å²) in [6.07, 6.45) is 9.84. The minimum atomic E-state index is -0.495. The van der Waals surface area contributed by atoms with E-state index in [9.17, 15) is 4.79 Å². The van der Waals surface area contributed by atoms with Crippen LogP contribution in [0.15, 0.2) is 0 Å². The summed E-state index contributed by atoms with van der Waals surface area (Å²) in [5.74, 6) is 1.13. The molecular weight excluding hydrogens is 280 g/mol. The predicted octanol–water partition coefficient (Wildman–Crippen LogP) is 3.94. The molecule has 0 unspecified atom stereocenters. The molecule has 0 bridgehead atoms. The monoisotopic (exact) mass is 312 g/mol. The van der Waals surface area contributed by atoms with E-state index in [-0.39, 0.29) is 11.8 Å². The van der Waals surface area contributed by atoms with E-state index in [1.165, 1.54) is 32.1 Å². The molecular formula is C17H32N2OS. The summed E-state index contributed by atoms with van der Waals surface area (Å²) in [7, 11) is 0. The Labute approximate surface area is 135 Å². The van der Waals surface area contributed by atoms with E-state index in [4.69, 9.17) is 18.0 Å². The van der Waals surface area contributed by atoms with Crippen LogP contribution in [0.2, 0.25) is 0 Å². The van der Waals surface area contributed by atoms with E-state index >= 15 is 0 Å². The number of thiocarbonyl (C=S) groups is 1. The van der Waals surface area contributed by atoms with Crippen molar-refractivity contribution in [2.24, 2.45) is 17.6 Å². The summed E-state index contributed by atoms with van der Waals surface area (Å²) < 4.78 is 0. The van der Waals surface area contributed by atoms with Gasteiger partial charge in [-0.15, -0.1) is 0 Å². The van der Waals surface area contributed by atoms with Gasteiger partial charge >= 0.3 is 0 Å². The number of carbonyl (C=O) groups excluding carboxylic acids is 1. The highest BCUT2D eigenvalue weighted by atomic mass is 32.1. The van der Waals surface area contributed by atoms with Crippen molar-refractivity contribution in [3.05, 3.63) is 0 Å². The minimum absolute atomic E-state index is 0.148. The van der Waals surface area contributed by atoms with E-state index in [0.717, 1.165) is 31.6 Å². The standard InChI is InChI=1S/C17H32N2OS/c1-4-7-8-13-9-11-14(12-10-13)15(20)19-17(5-2,6-3)16(18)21/h13-14H,4-12H2,1-3H3,(H2,18,21)(H,19,20). The minimum Gasteiger partial charge on any atom is -0.391 e. The van der Waals surface area contributed by atoms with Gasteiger partial charge in [0.25, 0.3) is 0 Å². The molecule has 0 spiro atoms. The maximum absolute atomic E-state index is 12.5. The summed E-state index contributed by atoms with van der Waals surface area (Å²) in [6, 6.07) is 0. The molecule has 0 aliphatic heterocycles. The van der Waals surface area contributed by atoms with E-state index in [1.807, 2.05) is 13.8 Å². The van der Waals surface area contributed by atoms with Gasteiger partial charge in [-0.2, -0.15) is 0 Å². The largest absolute Gasteiger partial charge is 0.391 e. The van der Waals surface area contributed by atoms with Crippen LogP contribution in [0, 0.1) is 11.8 Å². The van der Waals surface area contributed by atoms with Crippen LogP contribution in [0.3, 0.4) is 0 Å². The summed E-state index contributed by atoms with van der Waals surface area (Å²) in [6.45, 7) is 6.30. The molecule has 0 saturated heterocycles. The fraction of sp³-hybridized carbons (Fsp3) is 0.882. The summed E-state index contributed by atoms with van der Waals surface area (Å²) in [5, 5.41) is 3.15. The van der Waals surface area contributed by atoms with Gasteiger partial charge in [-0.1, -0.05) is 52.3 Å². The highest BCUT2D eigenvalue weighted by Gasteiger charge is 2.34. The Hall–Kier alpha value is -0.640. The molecule has 0 heterocycles. The molecule has 1 amide bonds. The van der Waals surface area contributed by atoms with E-state index in [0.29, 0.717) is 4.99 Å². The Morgan fingerprint density at radius 2 is 1.76 bits per heavy atom. The first-order valence-electron chi connectivity index (χ1n) is 8.61. The van der Waals surface area contributed by atoms with Gasteiger partial charge in [0.15, 0.2) is 0 Å². The summed E-state index contributed by atoms with van der Waals surface area (Å²) in [5.41, 5.74) is 5.37. The van der Waals surface area contributed by atoms with Crippen LogP contribution >= 0.6 is 12.2 Å². The number of unbranched alkanes of at least 4 members (excludes halogenated alkanes) is 1. The smallest absolute Gasteiger partial charge is 0.223 e. The van der Waals surface area contributed by atoms with Crippen molar-refractivity contribution in [3.63, 3.8) is 0 Å². The third-order valence-electron chi connectivity index (χ3n) is 5.22. The third-order valence-corrected chi connectivity index (χ3v) is 5.62. The van der Waals surface area contributed by atoms with Gasteiger partial charge in [0.05, 0.1) is 10.5 Å². The van der Waals surface area contributed by atoms with E-state index < -0.39 is 5.54 Å². The first-order valence-corrected chi connectivity index (χ1v) is 9.01. The van der Waals surface area contributed by atoms with Gasteiger partial charge in [0.1, 0.15) is 0 Å². The number of hydrogen-bond donors (Lipinski definition) is 2. The zero-order valence-electron chi connectivity index (χ0n) is 13.9. The molecule has 1 aliphatic rings. The molecule has 4 heteroatoms. The number of amides is 1. The maximum Gasteiger partial charge on any atom is 0.223 e. The Morgan fingerprint density at radius 3 is 2.19 bits per heavy atom. The van der Waals surface area contributed by atoms with Crippen LogP contribution in [0.1, 0.15) is 78.6 Å². The van der Waals surface area contributed by atoms with Crippen molar-refractivity contribution < 1.29 is 4.79 Å². The van der Waals surface area contributed by atoms with Crippen molar-refractivity contribution in [2.45, 2.75) is 84.1 Å². The van der Waals surface area contributed by atoms with Gasteiger partial charge in [0.2, 0.25) is 5.91 Å². The molecule has 0 aromatic heterocycles. The van der Waals surface area contributed by atoms with Crippen LogP contribution in [-0.2, 0) is 4.79 Å². The highest BCUT2D eigenvalue weighted by molar-refractivity contribution is 7.80. The van der Waals surface area contributed by atoms with Crippen LogP contribution in [-0.4, -0.2) is 16.4 Å². The van der Waals surface area contributed by atoms with Crippen LogP contribution < -0.4 is 11.1 Å². The Kier molecular flexibility index (Phi) is 7.64. The lowest BCUT2D eigenvalue weighted by Gasteiger charge is -2.35. The lowest BCUT2D eigenvalue weighted by molar-refractivity contribution is -0.127. The molecule has 0 aromatic rings. The molecule has 1 saturated carbocycles. The lowest BCUT2D eigenvalue weighted by atomic mass is 9.79. The molecule has 1 aliphatic carbocycles. The van der Waals surface area contributed by atoms with Crippen molar-refractivity contribution in [1.29, 1.82) is 0 Å². The second-order valence-corrected chi connectivity index (χ2v) is 6.94. The number of hydrogen-bond acceptors (Lipinski definition) is 2. The van der Waals surface area contributed by atoms with Crippen LogP contribution in [0.4, 0.5) is 0 Å². The van der Waals surface area contributed by atoms with Gasteiger partial charge in [-0.05, 0) is 44.4 Å². The molecule has 21 heavy (non-hydrogen) atoms. The fourth-order valence-electron chi connectivity index (χ4n) is 3.38. The maximum atomic E-state index is 12.5. The second kappa shape index (κ2) is 8.72. The quantitative estimate of drug-likeness (QED) is 0.667. The van der Waals surface area contributed by atoms with Gasteiger partial charge in [0, 0.05) is 5.92 Å². The molecule has 3 nitrogen and oxygen atoms in total. The molecule has 3 N–H and O–H groups in total. The SMILES string of the molecule is CCCCC1CCC(C(=O)NC(CC)(CC)C(N)=S)CC1. The molecule has 1 fully saturated rings. The zero-order chi connectivity index (χ0) is 15.9. The topological polar surface area (TPSA) is 55.1 Å². The Balaban J connectivity index is 2.52. The summed E-state index contributed by atoms with van der Waals surface area (Å²) >= 11 is 5.18. The van der Waals surface area contributed by atoms with Crippen molar-refractivity contribution in [2.75, 3.05) is 0 Å². The average Bonchev–Trinajstić information content (AvgIpc) is 2.50. The molecule has 0 aromatic carbocycles. The van der Waals surface area contributed by atoms with Gasteiger partial charge in [-0.3, -0.25) is 4.79 Å². The van der Waals surface area contributed by atoms with Crippen LogP contribution in [0.25, 0.3) is 0 Å². The number of nitrogens with two attached hydrogens (primary N) is 1. The highest BCUT2D eigenvalue weighted by Crippen LogP contribution is 2.32. The molecule has 0 radical (unpaired) electrons. The van der Waals surface area contributed by atoms with Crippen molar-refractivity contribution >= 4 is 23.1 Å². The average molecular weight is 313 g/mol. The third kappa shape index (κ3) is 4.94. The fourth-order valence-corrected chi connectivity index (χ4v) is 3.72. The first kappa shape index (κ1) is 18.4. The normalized spacial score (nSPS) is 22.8. The molecule has 122 valence electrons. The Bertz CT molecular complexity index is 345. The zero-order valence-corrected chi connectivity index (χ0v) is 14.7. The summed E-state index contributed by atoms with van der Waals surface area (Å²) in [4.78, 5) is 12.9. The number of nitrogens with one attached hydrogen (secondary N) is 1. The van der Waals surface area contributed by atoms with Gasteiger partial charge in [-0.25, -0.2) is 0 Å². The van der Waals surface area contributed by atoms with E-state index in [1.54, 1.807) is 0 Å². The lowest BCUT2D eigenvalue weighted by Crippen LogP contribution is -2.57. The molecule has 1 rings (SSSR count). The predicted molar refractivity (Wildman–Crippen MR) is 93.2 cm³/mol. The number of rotatable bonds is 8. The van der Waals surface area contributed by atoms with Crippen molar-refractivity contribution in [1.82, 2.24) is 5.32 Å². The van der Waals surface area contributed by atoms with Crippen molar-refractivity contribution in [3.8, 4) is 0 Å². The Morgan fingerprint density at radius 1 is 1.19 bits per heavy atom. The molecule has 0 atom stereocenters. The second-order valence-electron chi connectivity index (χ2n) is 6.50. The first-order chi connectivity index (χ1) is 9.99. The van der Waals surface area contributed by atoms with Crippen LogP contribution in [0.5, 0.6) is 0 Å². The van der Waals surface area contributed by atoms with Gasteiger partial charge < -0.3 is 11.1 Å². The van der Waals surface area contributed by atoms with E-state index in [2.05, 4.69) is 12.2 Å².